The van der Waals surface area contributed by atoms with Crippen LogP contribution in [0.2, 0.25) is 0 Å². The Balaban J connectivity index is 1.35. The number of allylic oxidation sites excluding steroid dienone is 1. The zero-order valence-electron chi connectivity index (χ0n) is 29.9. The average Bonchev–Trinajstić information content (AvgIpc) is 4.00. The summed E-state index contributed by atoms with van der Waals surface area (Å²) < 4.78 is 39.9. The molecule has 2 amide bonds. The van der Waals surface area contributed by atoms with Gasteiger partial charge in [0.05, 0.1) is 42.2 Å². The summed E-state index contributed by atoms with van der Waals surface area (Å²) in [5, 5.41) is 1.26. The van der Waals surface area contributed by atoms with E-state index in [1.54, 1.807) is 24.0 Å². The zero-order valence-corrected chi connectivity index (χ0v) is 31.6. The van der Waals surface area contributed by atoms with E-state index in [0.717, 1.165) is 40.5 Å². The predicted molar refractivity (Wildman–Crippen MR) is 195 cm³/mol. The van der Waals surface area contributed by atoms with E-state index in [2.05, 4.69) is 28.4 Å². The van der Waals surface area contributed by atoms with Crippen LogP contribution in [0.25, 0.3) is 10.8 Å². The van der Waals surface area contributed by atoms with Crippen LogP contribution in [0.3, 0.4) is 0 Å². The largest absolute Gasteiger partial charge is 0.472 e. The summed E-state index contributed by atoms with van der Waals surface area (Å²) in [7, 11) is -3.84. The van der Waals surface area contributed by atoms with Crippen molar-refractivity contribution in [2.45, 2.75) is 107 Å². The lowest BCUT2D eigenvalue weighted by molar-refractivity contribution is -0.153. The van der Waals surface area contributed by atoms with Gasteiger partial charge in [0.2, 0.25) is 27.7 Å². The Morgan fingerprint density at radius 3 is 2.59 bits per heavy atom. The Hall–Kier alpha value is -3.45. The minimum Gasteiger partial charge on any atom is -0.472 e. The number of carbonyl (C=O) groups excluding carboxylic acids is 4. The lowest BCUT2D eigenvalue weighted by atomic mass is 9.77. The number of ketones is 1. The number of nitrogens with zero attached hydrogens (tertiary/aromatic N) is 2. The molecule has 1 aromatic heterocycles. The van der Waals surface area contributed by atoms with Crippen LogP contribution in [0.5, 0.6) is 5.88 Å². The van der Waals surface area contributed by atoms with Crippen LogP contribution in [0.4, 0.5) is 0 Å². The molecule has 3 heterocycles. The fourth-order valence-electron chi connectivity index (χ4n) is 7.57. The highest BCUT2D eigenvalue weighted by Crippen LogP contribution is 2.57. The first-order chi connectivity index (χ1) is 24.2. The third kappa shape index (κ3) is 7.99. The molecule has 51 heavy (non-hydrogen) atoms. The molecular weight excluding hydrogens is 691 g/mol. The third-order valence-electron chi connectivity index (χ3n) is 10.9. The number of ether oxygens (including phenoxy) is 2. The molecule has 2 aromatic rings. The Kier molecular flexibility index (Phi) is 10.6. The topological polar surface area (TPSA) is 149 Å². The molecule has 2 aliphatic carbocycles. The third-order valence-corrected chi connectivity index (χ3v) is 13.5. The van der Waals surface area contributed by atoms with Crippen molar-refractivity contribution < 1.29 is 37.1 Å². The number of pyridine rings is 1. The molecule has 276 valence electrons. The van der Waals surface area contributed by atoms with E-state index in [-0.39, 0.29) is 56.4 Å². The molecule has 6 rings (SSSR count). The standard InChI is InChI=1S/C38H49N3O8S2/c1-6-24-20-38(24,36(45)40-51(46,47)26-11-12-26)21-31(42)30-18-25-22-41(30)35(44)29(37(2,3)4)19-33(43)48-15-9-7-8-10-23-16-28-27(32(17-23)50-5)13-14-39-34(28)49-25/h6,13-14,16-17,24-26,29-30H,1,7-12,15,18-22H2,2-5H3,(H,40,45)/t24-,25-,29-,30+,38-/m1/s1. The molecule has 2 saturated carbocycles. The number of rotatable bonds is 8. The summed E-state index contributed by atoms with van der Waals surface area (Å²) in [6, 6.07) is 5.27. The Morgan fingerprint density at radius 2 is 1.92 bits per heavy atom. The second-order valence-corrected chi connectivity index (χ2v) is 18.5. The highest BCUT2D eigenvalue weighted by Gasteiger charge is 2.61. The van der Waals surface area contributed by atoms with Crippen molar-refractivity contribution in [1.82, 2.24) is 14.6 Å². The maximum Gasteiger partial charge on any atom is 0.306 e. The summed E-state index contributed by atoms with van der Waals surface area (Å²) in [5.41, 5.74) is -0.773. The predicted octanol–water partition coefficient (Wildman–Crippen LogP) is 5.39. The van der Waals surface area contributed by atoms with E-state index in [0.29, 0.717) is 25.1 Å². The Labute approximate surface area is 304 Å². The van der Waals surface area contributed by atoms with Gasteiger partial charge >= 0.3 is 5.97 Å². The minimum atomic E-state index is -3.84. The van der Waals surface area contributed by atoms with E-state index in [4.69, 9.17) is 9.47 Å². The van der Waals surface area contributed by atoms with Gasteiger partial charge in [-0.15, -0.1) is 18.3 Å². The van der Waals surface area contributed by atoms with Gasteiger partial charge in [-0.2, -0.15) is 0 Å². The van der Waals surface area contributed by atoms with Gasteiger partial charge in [0.1, 0.15) is 6.10 Å². The summed E-state index contributed by atoms with van der Waals surface area (Å²) in [5.74, 6) is -2.65. The van der Waals surface area contributed by atoms with Crippen molar-refractivity contribution in [3.05, 3.63) is 42.6 Å². The maximum absolute atomic E-state index is 14.5. The number of benzene rings is 1. The summed E-state index contributed by atoms with van der Waals surface area (Å²) in [6.07, 6.45) is 9.05. The number of esters is 1. The van der Waals surface area contributed by atoms with E-state index in [1.807, 2.05) is 33.1 Å². The highest BCUT2D eigenvalue weighted by atomic mass is 32.2. The van der Waals surface area contributed by atoms with Crippen LogP contribution in [-0.4, -0.2) is 78.7 Å². The number of fused-ring (bicyclic) bond motifs is 3. The SMILES string of the molecule is C=C[C@@H]1C[C@]1(CC(=O)[C@@H]1C[C@@H]2CN1C(=O)[C@H](C(C)(C)C)CC(=O)OCCCCCc1cc(SC)c3ccnc(c3c1)O2)C(=O)NS(=O)(=O)C1CC1. The van der Waals surface area contributed by atoms with Crippen LogP contribution >= 0.6 is 11.8 Å². The number of carbonyl (C=O) groups is 4. The number of hydrogen-bond acceptors (Lipinski definition) is 10. The fraction of sp³-hybridized carbons (Fsp3) is 0.605. The second kappa shape index (κ2) is 14.5. The molecule has 4 bridgehead atoms. The smallest absolute Gasteiger partial charge is 0.306 e. The Bertz CT molecular complexity index is 1840. The molecule has 1 aromatic carbocycles. The molecule has 0 spiro atoms. The Morgan fingerprint density at radius 1 is 1.16 bits per heavy atom. The molecule has 3 fully saturated rings. The van der Waals surface area contributed by atoms with E-state index >= 15 is 0 Å². The van der Waals surface area contributed by atoms with Gasteiger partial charge in [-0.05, 0) is 86.3 Å². The second-order valence-electron chi connectivity index (χ2n) is 15.7. The van der Waals surface area contributed by atoms with Gasteiger partial charge in [-0.25, -0.2) is 13.4 Å². The molecule has 2 aliphatic heterocycles. The van der Waals surface area contributed by atoms with Crippen molar-refractivity contribution in [3.8, 4) is 5.88 Å². The summed E-state index contributed by atoms with van der Waals surface area (Å²) in [4.78, 5) is 62.8. The molecular formula is C38H49N3O8S2. The normalized spacial score (nSPS) is 27.6. The number of hydrogen-bond donors (Lipinski definition) is 1. The molecule has 1 N–H and O–H groups in total. The highest BCUT2D eigenvalue weighted by molar-refractivity contribution is 7.98. The summed E-state index contributed by atoms with van der Waals surface area (Å²) >= 11 is 1.64. The number of amides is 2. The van der Waals surface area contributed by atoms with Crippen LogP contribution in [-0.2, 0) is 40.4 Å². The molecule has 11 nitrogen and oxygen atoms in total. The van der Waals surface area contributed by atoms with Crippen LogP contribution in [0, 0.1) is 22.7 Å². The van der Waals surface area contributed by atoms with Crippen LogP contribution in [0.1, 0.15) is 84.1 Å². The van der Waals surface area contributed by atoms with Gasteiger partial charge in [0.15, 0.2) is 5.78 Å². The molecule has 4 aliphatic rings. The zero-order chi connectivity index (χ0) is 36.7. The minimum absolute atomic E-state index is 0.0736. The van der Waals surface area contributed by atoms with Gasteiger partial charge in [0.25, 0.3) is 0 Å². The molecule has 1 saturated heterocycles. The lowest BCUT2D eigenvalue weighted by Gasteiger charge is -2.34. The van der Waals surface area contributed by atoms with Crippen LogP contribution < -0.4 is 9.46 Å². The first-order valence-corrected chi connectivity index (χ1v) is 20.7. The molecule has 13 heteroatoms. The number of aromatic nitrogens is 1. The van der Waals surface area contributed by atoms with Gasteiger partial charge < -0.3 is 14.4 Å². The van der Waals surface area contributed by atoms with Crippen molar-refractivity contribution in [2.24, 2.45) is 22.7 Å². The van der Waals surface area contributed by atoms with Gasteiger partial charge in [-0.3, -0.25) is 23.9 Å². The quantitative estimate of drug-likeness (QED) is 0.212. The fourth-order valence-corrected chi connectivity index (χ4v) is 9.62. The van der Waals surface area contributed by atoms with Crippen molar-refractivity contribution in [1.29, 1.82) is 0 Å². The number of aryl methyl sites for hydroxylation is 1. The number of Topliss-reactive ketones (excluding diaryl/α,β-unsaturated/α-hetero) is 1. The first kappa shape index (κ1) is 37.3. The van der Waals surface area contributed by atoms with Gasteiger partial charge in [0, 0.05) is 34.7 Å². The van der Waals surface area contributed by atoms with Gasteiger partial charge in [-0.1, -0.05) is 26.8 Å². The number of nitrogens with one attached hydrogen (secondary N) is 1. The monoisotopic (exact) mass is 739 g/mol. The van der Waals surface area contributed by atoms with E-state index in [1.165, 1.54) is 4.90 Å². The average molecular weight is 740 g/mol. The molecule has 5 atom stereocenters. The number of sulfonamides is 1. The van der Waals surface area contributed by atoms with Crippen molar-refractivity contribution in [3.63, 3.8) is 0 Å². The maximum atomic E-state index is 14.5. The first-order valence-electron chi connectivity index (χ1n) is 18.0. The van der Waals surface area contributed by atoms with Crippen molar-refractivity contribution in [2.75, 3.05) is 19.4 Å². The summed E-state index contributed by atoms with van der Waals surface area (Å²) in [6.45, 7) is 9.81. The van der Waals surface area contributed by atoms with Crippen LogP contribution in [0.15, 0.2) is 41.9 Å². The lowest BCUT2D eigenvalue weighted by Crippen LogP contribution is -2.48. The van der Waals surface area contributed by atoms with E-state index < -0.39 is 56.0 Å². The number of cyclic esters (lactones) is 1. The molecule has 0 radical (unpaired) electrons. The van der Waals surface area contributed by atoms with Crippen molar-refractivity contribution >= 4 is 56.1 Å². The van der Waals surface area contributed by atoms with E-state index in [9.17, 15) is 27.6 Å². The number of thioether (sulfide) groups is 1. The molecule has 0 unspecified atom stereocenters.